The van der Waals surface area contributed by atoms with E-state index in [0.29, 0.717) is 37.0 Å². The lowest BCUT2D eigenvalue weighted by Crippen LogP contribution is -2.50. The number of carbonyl (C=O) groups is 1. The molecule has 30 heavy (non-hydrogen) atoms. The van der Waals surface area contributed by atoms with Crippen molar-refractivity contribution < 1.29 is 22.4 Å². The lowest BCUT2D eigenvalue weighted by molar-refractivity contribution is 0.0654. The first-order valence-corrected chi connectivity index (χ1v) is 12.0. The number of fused-ring (bicyclic) bond motifs is 1. The van der Waals surface area contributed by atoms with E-state index in [-0.39, 0.29) is 24.8 Å². The topological polar surface area (TPSA) is 80.1 Å². The highest BCUT2D eigenvalue weighted by Crippen LogP contribution is 2.26. The van der Waals surface area contributed by atoms with Crippen molar-refractivity contribution in [3.05, 3.63) is 53.0 Å². The highest BCUT2D eigenvalue weighted by Gasteiger charge is 2.31. The van der Waals surface area contributed by atoms with E-state index in [0.717, 1.165) is 31.2 Å². The molecule has 2 heterocycles. The van der Waals surface area contributed by atoms with Crippen LogP contribution in [0.5, 0.6) is 0 Å². The van der Waals surface area contributed by atoms with Crippen molar-refractivity contribution in [3.8, 4) is 0 Å². The van der Waals surface area contributed by atoms with Crippen molar-refractivity contribution in [3.63, 3.8) is 0 Å². The Hall–Kier alpha value is -2.16. The molecule has 1 aliphatic carbocycles. The summed E-state index contributed by atoms with van der Waals surface area (Å²) in [6.07, 6.45) is 4.24. The fourth-order valence-corrected chi connectivity index (χ4v) is 5.55. The van der Waals surface area contributed by atoms with Gasteiger partial charge >= 0.3 is 0 Å². The van der Waals surface area contributed by atoms with Gasteiger partial charge in [0.15, 0.2) is 5.76 Å². The van der Waals surface area contributed by atoms with Crippen LogP contribution < -0.4 is 0 Å². The summed E-state index contributed by atoms with van der Waals surface area (Å²) in [6, 6.07) is 8.90. The van der Waals surface area contributed by atoms with Gasteiger partial charge in [0.05, 0.1) is 4.90 Å². The van der Waals surface area contributed by atoms with Crippen LogP contribution in [0.3, 0.4) is 0 Å². The van der Waals surface area contributed by atoms with E-state index >= 15 is 0 Å². The number of hydrogen-bond donors (Lipinski definition) is 0. The minimum absolute atomic E-state index is 0.219. The van der Waals surface area contributed by atoms with E-state index in [4.69, 9.17) is 9.15 Å². The van der Waals surface area contributed by atoms with Crippen molar-refractivity contribution in [1.29, 1.82) is 0 Å². The van der Waals surface area contributed by atoms with Crippen molar-refractivity contribution in [2.24, 2.45) is 0 Å². The van der Waals surface area contributed by atoms with Gasteiger partial charge in [-0.1, -0.05) is 6.07 Å². The number of furan rings is 1. The molecule has 1 saturated heterocycles. The maximum absolute atomic E-state index is 13.1. The standard InChI is InChI=1S/C22H28N2O5S/c1-2-28-16-19-8-10-21(29-19)22(25)23-11-13-24(14-12-23)30(26,27)20-9-7-17-5-3-4-6-18(17)15-20/h7-10,15H,2-6,11-14,16H2,1H3. The maximum Gasteiger partial charge on any atom is 0.289 e. The third kappa shape index (κ3) is 4.31. The summed E-state index contributed by atoms with van der Waals surface area (Å²) in [5, 5.41) is 0. The Kier molecular flexibility index (Phi) is 6.26. The number of hydrogen-bond acceptors (Lipinski definition) is 5. The number of nitrogens with zero attached hydrogens (tertiary/aromatic N) is 2. The molecule has 2 aromatic rings. The third-order valence-corrected chi connectivity index (χ3v) is 7.70. The summed E-state index contributed by atoms with van der Waals surface area (Å²) in [7, 11) is -3.56. The Bertz CT molecular complexity index is 1010. The Morgan fingerprint density at radius 3 is 2.50 bits per heavy atom. The normalized spacial score (nSPS) is 17.7. The van der Waals surface area contributed by atoms with Crippen LogP contribution >= 0.6 is 0 Å². The summed E-state index contributed by atoms with van der Waals surface area (Å²) in [5.41, 5.74) is 2.41. The summed E-state index contributed by atoms with van der Waals surface area (Å²) in [6.45, 7) is 4.03. The van der Waals surface area contributed by atoms with E-state index in [2.05, 4.69) is 0 Å². The SMILES string of the molecule is CCOCc1ccc(C(=O)N2CCN(S(=O)(=O)c3ccc4c(c3)CCCC4)CC2)o1. The van der Waals surface area contributed by atoms with Crippen LogP contribution in [0.25, 0.3) is 0 Å². The van der Waals surface area contributed by atoms with Gasteiger partial charge in [0, 0.05) is 32.8 Å². The lowest BCUT2D eigenvalue weighted by atomic mass is 9.92. The van der Waals surface area contributed by atoms with Gasteiger partial charge in [-0.25, -0.2) is 8.42 Å². The van der Waals surface area contributed by atoms with E-state index in [1.54, 1.807) is 23.1 Å². The zero-order chi connectivity index (χ0) is 21.1. The van der Waals surface area contributed by atoms with Gasteiger partial charge in [-0.05, 0) is 68.0 Å². The molecular formula is C22H28N2O5S. The molecule has 0 N–H and O–H groups in total. The van der Waals surface area contributed by atoms with Gasteiger partial charge in [0.1, 0.15) is 12.4 Å². The number of piperazine rings is 1. The van der Waals surface area contributed by atoms with Gasteiger partial charge in [-0.2, -0.15) is 4.31 Å². The molecule has 0 saturated carbocycles. The molecular weight excluding hydrogens is 404 g/mol. The lowest BCUT2D eigenvalue weighted by Gasteiger charge is -2.33. The minimum atomic E-state index is -3.56. The smallest absolute Gasteiger partial charge is 0.289 e. The number of carbonyl (C=O) groups excluding carboxylic acids is 1. The van der Waals surface area contributed by atoms with Gasteiger partial charge in [0.2, 0.25) is 10.0 Å². The molecule has 1 amide bonds. The molecule has 7 nitrogen and oxygen atoms in total. The largest absolute Gasteiger partial charge is 0.453 e. The van der Waals surface area contributed by atoms with Gasteiger partial charge in [-0.3, -0.25) is 4.79 Å². The summed E-state index contributed by atoms with van der Waals surface area (Å²) in [4.78, 5) is 14.7. The van der Waals surface area contributed by atoms with Crippen LogP contribution in [-0.2, 0) is 34.2 Å². The van der Waals surface area contributed by atoms with Crippen LogP contribution in [0.4, 0.5) is 0 Å². The van der Waals surface area contributed by atoms with Crippen molar-refractivity contribution in [1.82, 2.24) is 9.21 Å². The zero-order valence-corrected chi connectivity index (χ0v) is 18.1. The molecule has 4 rings (SSSR count). The van der Waals surface area contributed by atoms with Gasteiger partial charge in [-0.15, -0.1) is 0 Å². The number of rotatable bonds is 6. The molecule has 1 fully saturated rings. The Labute approximate surface area is 177 Å². The molecule has 0 bridgehead atoms. The third-order valence-electron chi connectivity index (χ3n) is 5.80. The number of benzene rings is 1. The second-order valence-corrected chi connectivity index (χ2v) is 9.67. The van der Waals surface area contributed by atoms with Crippen molar-refractivity contribution in [2.45, 2.75) is 44.1 Å². The summed E-state index contributed by atoms with van der Waals surface area (Å²) < 4.78 is 38.6. The molecule has 2 aliphatic rings. The van der Waals surface area contributed by atoms with Crippen molar-refractivity contribution >= 4 is 15.9 Å². The van der Waals surface area contributed by atoms with Crippen LogP contribution in [0, 0.1) is 0 Å². The second kappa shape index (κ2) is 8.91. The number of amides is 1. The number of sulfonamides is 1. The van der Waals surface area contributed by atoms with E-state index in [1.807, 2.05) is 19.1 Å². The van der Waals surface area contributed by atoms with E-state index in [1.165, 1.54) is 9.87 Å². The molecule has 162 valence electrons. The van der Waals surface area contributed by atoms with E-state index in [9.17, 15) is 13.2 Å². The quantitative estimate of drug-likeness (QED) is 0.701. The molecule has 1 aromatic carbocycles. The monoisotopic (exact) mass is 432 g/mol. The molecule has 0 radical (unpaired) electrons. The minimum Gasteiger partial charge on any atom is -0.453 e. The fourth-order valence-electron chi connectivity index (χ4n) is 4.08. The molecule has 0 unspecified atom stereocenters. The first kappa shape index (κ1) is 21.1. The molecule has 8 heteroatoms. The van der Waals surface area contributed by atoms with Gasteiger partial charge < -0.3 is 14.1 Å². The summed E-state index contributed by atoms with van der Waals surface area (Å²) in [5.74, 6) is 0.646. The first-order valence-electron chi connectivity index (χ1n) is 10.6. The molecule has 1 aromatic heterocycles. The van der Waals surface area contributed by atoms with Crippen LogP contribution in [-0.4, -0.2) is 56.3 Å². The zero-order valence-electron chi connectivity index (χ0n) is 17.3. The predicted octanol–water partition coefficient (Wildman–Crippen LogP) is 2.84. The van der Waals surface area contributed by atoms with E-state index < -0.39 is 10.0 Å². The fraction of sp³-hybridized carbons (Fsp3) is 0.500. The van der Waals surface area contributed by atoms with Crippen LogP contribution in [0.2, 0.25) is 0 Å². The Balaban J connectivity index is 1.40. The average Bonchev–Trinajstić information content (AvgIpc) is 3.26. The predicted molar refractivity (Wildman–Crippen MR) is 112 cm³/mol. The van der Waals surface area contributed by atoms with Crippen LogP contribution in [0.1, 0.15) is 47.2 Å². The van der Waals surface area contributed by atoms with Crippen LogP contribution in [0.15, 0.2) is 39.6 Å². The second-order valence-electron chi connectivity index (χ2n) is 7.74. The Morgan fingerprint density at radius 1 is 1.03 bits per heavy atom. The number of ether oxygens (including phenoxy) is 1. The average molecular weight is 433 g/mol. The van der Waals surface area contributed by atoms with Gasteiger partial charge in [0.25, 0.3) is 5.91 Å². The molecule has 0 spiro atoms. The molecule has 0 atom stereocenters. The molecule has 1 aliphatic heterocycles. The first-order chi connectivity index (χ1) is 14.5. The highest BCUT2D eigenvalue weighted by molar-refractivity contribution is 7.89. The summed E-state index contributed by atoms with van der Waals surface area (Å²) >= 11 is 0. The number of aryl methyl sites for hydroxylation is 2. The maximum atomic E-state index is 13.1. The highest BCUT2D eigenvalue weighted by atomic mass is 32.2. The van der Waals surface area contributed by atoms with Crippen molar-refractivity contribution in [2.75, 3.05) is 32.8 Å². The Morgan fingerprint density at radius 2 is 1.77 bits per heavy atom.